The number of alkyl halides is 8. The molecule has 1 aliphatic heterocycles. The first-order chi connectivity index (χ1) is 21.9. The molecule has 18 heteroatoms. The number of rotatable bonds is 7. The topological polar surface area (TPSA) is 113 Å². The maximum Gasteiger partial charge on any atom is 0.573 e. The molecule has 1 aliphatic rings. The molecule has 1 amide bonds. The van der Waals surface area contributed by atoms with Crippen molar-refractivity contribution in [1.82, 2.24) is 20.1 Å². The van der Waals surface area contributed by atoms with E-state index in [0.717, 1.165) is 30.3 Å². The number of halogens is 9. The van der Waals surface area contributed by atoms with Crippen LogP contribution in [0.15, 0.2) is 63.8 Å². The number of H-pyrrole nitrogens is 2. The number of benzene rings is 3. The lowest BCUT2D eigenvalue weighted by molar-refractivity contribution is -0.274. The Kier molecular flexibility index (Phi) is 7.49. The van der Waals surface area contributed by atoms with Gasteiger partial charge in [-0.1, -0.05) is 23.7 Å². The van der Waals surface area contributed by atoms with E-state index >= 15 is 0 Å². The summed E-state index contributed by atoms with van der Waals surface area (Å²) in [6.07, 6.45) is -10.2. The molecule has 1 unspecified atom stereocenters. The van der Waals surface area contributed by atoms with Gasteiger partial charge in [0.25, 0.3) is 11.8 Å². The normalized spacial score (nSPS) is 15.4. The standard InChI is InChI=1S/C29H17ClF8N4O5/c1-27(31,32)11-42-23(20-21(40-41-22(20)25(42)43)14-3-2-4-17-24(14)46-26(44)39-17)12-5-7-18(15(9-12)28(33,34)35)45-13-6-8-19(16(30)10-13)47-29(36,37)38/h2-10,23H,11H2,1H3,(H,39,44)(H,40,41). The van der Waals surface area contributed by atoms with Crippen LogP contribution in [0, 0.1) is 0 Å². The van der Waals surface area contributed by atoms with E-state index in [0.29, 0.717) is 17.9 Å². The maximum atomic E-state index is 14.4. The number of hydrogen-bond acceptors (Lipinski definition) is 6. The average molecular weight is 689 g/mol. The summed E-state index contributed by atoms with van der Waals surface area (Å²) in [6, 6.07) is 7.94. The number of nitrogens with one attached hydrogen (secondary N) is 2. The Hall–Kier alpha value is -5.06. The molecular weight excluding hydrogens is 672 g/mol. The molecule has 2 aromatic heterocycles. The molecule has 6 rings (SSSR count). The Balaban J connectivity index is 1.47. The van der Waals surface area contributed by atoms with Crippen molar-refractivity contribution in [2.75, 3.05) is 6.54 Å². The predicted molar refractivity (Wildman–Crippen MR) is 148 cm³/mol. The van der Waals surface area contributed by atoms with Gasteiger partial charge < -0.3 is 18.8 Å². The minimum Gasteiger partial charge on any atom is -0.457 e. The van der Waals surface area contributed by atoms with Gasteiger partial charge in [0.2, 0.25) is 0 Å². The third-order valence-corrected chi connectivity index (χ3v) is 7.29. The fourth-order valence-electron chi connectivity index (χ4n) is 5.28. The molecule has 47 heavy (non-hydrogen) atoms. The molecule has 0 spiro atoms. The number of nitrogens with zero attached hydrogens (tertiary/aromatic N) is 2. The highest BCUT2D eigenvalue weighted by Crippen LogP contribution is 2.48. The summed E-state index contributed by atoms with van der Waals surface area (Å²) in [7, 11) is 0. The van der Waals surface area contributed by atoms with Crippen molar-refractivity contribution in [3.8, 4) is 28.5 Å². The Morgan fingerprint density at radius 1 is 0.979 bits per heavy atom. The Morgan fingerprint density at radius 2 is 1.70 bits per heavy atom. The van der Waals surface area contributed by atoms with Gasteiger partial charge in [0.1, 0.15) is 28.6 Å². The number of hydrogen-bond donors (Lipinski definition) is 2. The van der Waals surface area contributed by atoms with Gasteiger partial charge in [-0.05, 0) is 42.0 Å². The quantitative estimate of drug-likeness (QED) is 0.167. The molecule has 0 saturated carbocycles. The van der Waals surface area contributed by atoms with E-state index in [4.69, 9.17) is 20.8 Å². The number of amides is 1. The zero-order valence-electron chi connectivity index (χ0n) is 23.3. The highest BCUT2D eigenvalue weighted by molar-refractivity contribution is 6.32. The van der Waals surface area contributed by atoms with E-state index in [9.17, 15) is 44.7 Å². The van der Waals surface area contributed by atoms with E-state index in [1.807, 2.05) is 0 Å². The summed E-state index contributed by atoms with van der Waals surface area (Å²) in [5.41, 5.74) is -1.65. The van der Waals surface area contributed by atoms with Crippen LogP contribution in [-0.2, 0) is 6.18 Å². The van der Waals surface area contributed by atoms with Gasteiger partial charge >= 0.3 is 18.3 Å². The molecule has 3 aromatic carbocycles. The Morgan fingerprint density at radius 3 is 2.36 bits per heavy atom. The number of para-hydroxylation sites is 1. The van der Waals surface area contributed by atoms with E-state index in [2.05, 4.69) is 19.9 Å². The summed E-state index contributed by atoms with van der Waals surface area (Å²) in [4.78, 5) is 28.4. The number of ether oxygens (including phenoxy) is 2. The third kappa shape index (κ3) is 6.22. The van der Waals surface area contributed by atoms with Crippen molar-refractivity contribution < 1.29 is 53.8 Å². The van der Waals surface area contributed by atoms with Gasteiger partial charge in [-0.15, -0.1) is 13.2 Å². The molecular formula is C29H17ClF8N4O5. The third-order valence-electron chi connectivity index (χ3n) is 7.00. The van der Waals surface area contributed by atoms with Crippen molar-refractivity contribution in [3.05, 3.63) is 92.6 Å². The van der Waals surface area contributed by atoms with Gasteiger partial charge in [-0.3, -0.25) is 14.9 Å². The van der Waals surface area contributed by atoms with Crippen LogP contribution < -0.4 is 15.2 Å². The summed E-state index contributed by atoms with van der Waals surface area (Å²) >= 11 is 5.80. The molecule has 246 valence electrons. The molecule has 5 aromatic rings. The largest absolute Gasteiger partial charge is 0.573 e. The van der Waals surface area contributed by atoms with Crippen LogP contribution in [-0.4, -0.2) is 44.8 Å². The van der Waals surface area contributed by atoms with Crippen molar-refractivity contribution >= 4 is 28.6 Å². The molecule has 0 fully saturated rings. The van der Waals surface area contributed by atoms with Gasteiger partial charge in [0.05, 0.1) is 28.7 Å². The van der Waals surface area contributed by atoms with Crippen LogP contribution in [0.4, 0.5) is 35.1 Å². The van der Waals surface area contributed by atoms with Gasteiger partial charge in [0.15, 0.2) is 5.58 Å². The lowest BCUT2D eigenvalue weighted by atomic mass is 9.94. The minimum atomic E-state index is -5.11. The molecule has 0 radical (unpaired) electrons. The highest BCUT2D eigenvalue weighted by Gasteiger charge is 2.46. The molecule has 0 bridgehead atoms. The van der Waals surface area contributed by atoms with Gasteiger partial charge in [-0.2, -0.15) is 18.3 Å². The summed E-state index contributed by atoms with van der Waals surface area (Å²) in [5, 5.41) is 6.00. The number of aromatic nitrogens is 3. The van der Waals surface area contributed by atoms with E-state index in [1.54, 1.807) is 0 Å². The monoisotopic (exact) mass is 688 g/mol. The van der Waals surface area contributed by atoms with Crippen LogP contribution in [0.25, 0.3) is 22.4 Å². The molecule has 0 saturated heterocycles. The second-order valence-corrected chi connectivity index (χ2v) is 10.9. The molecule has 1 atom stereocenters. The molecule has 9 nitrogen and oxygen atoms in total. The SMILES string of the molecule is CC(F)(F)CN1C(=O)c2[nH]nc(-c3cccc4[nH]c(=O)oc34)c2C1c1ccc(Oc2ccc(OC(F)(F)F)c(Cl)c2)c(C(F)(F)F)c1. The van der Waals surface area contributed by atoms with Crippen molar-refractivity contribution in [2.24, 2.45) is 0 Å². The fraction of sp³-hybridized carbons (Fsp3) is 0.207. The minimum absolute atomic E-state index is 0.00214. The van der Waals surface area contributed by atoms with Crippen molar-refractivity contribution in [2.45, 2.75) is 31.4 Å². The lowest BCUT2D eigenvalue weighted by Gasteiger charge is -2.29. The van der Waals surface area contributed by atoms with Gasteiger partial charge in [-0.25, -0.2) is 13.6 Å². The smallest absolute Gasteiger partial charge is 0.457 e. The first-order valence-corrected chi connectivity index (χ1v) is 13.6. The number of carbonyl (C=O) groups excluding carboxylic acids is 1. The first kappa shape index (κ1) is 31.9. The summed E-state index contributed by atoms with van der Waals surface area (Å²) < 4.78 is 124. The van der Waals surface area contributed by atoms with E-state index in [-0.39, 0.29) is 44.9 Å². The number of carbonyl (C=O) groups is 1. The predicted octanol–water partition coefficient (Wildman–Crippen LogP) is 8.07. The summed E-state index contributed by atoms with van der Waals surface area (Å²) in [6.45, 7) is -0.654. The Bertz CT molecular complexity index is 2080. The van der Waals surface area contributed by atoms with Gasteiger partial charge in [0, 0.05) is 24.1 Å². The molecule has 2 N–H and O–H groups in total. The first-order valence-electron chi connectivity index (χ1n) is 13.2. The van der Waals surface area contributed by atoms with Crippen LogP contribution in [0.5, 0.6) is 17.2 Å². The summed E-state index contributed by atoms with van der Waals surface area (Å²) in [5.74, 6) is -7.30. The second kappa shape index (κ2) is 11.0. The van der Waals surface area contributed by atoms with Crippen LogP contribution in [0.3, 0.4) is 0 Å². The Labute approximate surface area is 261 Å². The van der Waals surface area contributed by atoms with Crippen LogP contribution in [0.1, 0.15) is 40.1 Å². The van der Waals surface area contributed by atoms with Crippen molar-refractivity contribution in [1.29, 1.82) is 0 Å². The molecule has 3 heterocycles. The zero-order chi connectivity index (χ0) is 34.1. The van der Waals surface area contributed by atoms with Crippen molar-refractivity contribution in [3.63, 3.8) is 0 Å². The maximum absolute atomic E-state index is 14.4. The average Bonchev–Trinajstić information content (AvgIpc) is 3.62. The zero-order valence-corrected chi connectivity index (χ0v) is 24.1. The highest BCUT2D eigenvalue weighted by atomic mass is 35.5. The number of oxazole rings is 1. The lowest BCUT2D eigenvalue weighted by Crippen LogP contribution is -2.38. The second-order valence-electron chi connectivity index (χ2n) is 10.5. The van der Waals surface area contributed by atoms with E-state index in [1.165, 1.54) is 18.2 Å². The van der Waals surface area contributed by atoms with Crippen LogP contribution in [0.2, 0.25) is 5.02 Å². The molecule has 0 aliphatic carbocycles. The van der Waals surface area contributed by atoms with E-state index < -0.39 is 64.8 Å². The number of aromatic amines is 2. The number of fused-ring (bicyclic) bond motifs is 2. The van der Waals surface area contributed by atoms with Crippen LogP contribution >= 0.6 is 11.6 Å². The fourth-order valence-corrected chi connectivity index (χ4v) is 5.49.